The molecule has 28 heavy (non-hydrogen) atoms. The summed E-state index contributed by atoms with van der Waals surface area (Å²) in [5.41, 5.74) is 5.40. The summed E-state index contributed by atoms with van der Waals surface area (Å²) >= 11 is 0. The zero-order valence-electron chi connectivity index (χ0n) is 17.4. The molecule has 1 N–H and O–H groups in total. The number of hydrogen-bond acceptors (Lipinski definition) is 4. The normalized spacial score (nSPS) is 12.5. The molecule has 0 spiro atoms. The number of amides is 1. The molecular formula is C22H29N5O. The van der Waals surface area contributed by atoms with E-state index in [0.717, 1.165) is 28.9 Å². The van der Waals surface area contributed by atoms with Crippen LogP contribution in [0.1, 0.15) is 61.3 Å². The summed E-state index contributed by atoms with van der Waals surface area (Å²) in [6.45, 7) is 10.4. The van der Waals surface area contributed by atoms with E-state index in [-0.39, 0.29) is 11.9 Å². The Bertz CT molecular complexity index is 959. The number of rotatable bonds is 7. The Morgan fingerprint density at radius 1 is 1.14 bits per heavy atom. The number of aromatic nitrogens is 4. The van der Waals surface area contributed by atoms with Gasteiger partial charge in [0.15, 0.2) is 0 Å². The minimum Gasteiger partial charge on any atom is -0.350 e. The lowest BCUT2D eigenvalue weighted by atomic mass is 10.00. The van der Waals surface area contributed by atoms with Gasteiger partial charge in [-0.1, -0.05) is 38.1 Å². The van der Waals surface area contributed by atoms with Crippen LogP contribution in [0.5, 0.6) is 0 Å². The third kappa shape index (κ3) is 4.55. The molecule has 1 aromatic carbocycles. The fraction of sp³-hybridized carbons (Fsp3) is 0.455. The second-order valence-electron chi connectivity index (χ2n) is 7.86. The quantitative estimate of drug-likeness (QED) is 0.679. The molecule has 0 aliphatic heterocycles. The molecule has 0 bridgehead atoms. The lowest BCUT2D eigenvalue weighted by Crippen LogP contribution is -2.27. The van der Waals surface area contributed by atoms with Crippen LogP contribution in [0, 0.1) is 19.8 Å². The summed E-state index contributed by atoms with van der Waals surface area (Å²) in [7, 11) is 0. The maximum atomic E-state index is 12.5. The van der Waals surface area contributed by atoms with Crippen LogP contribution < -0.4 is 5.32 Å². The average Bonchev–Trinajstić information content (AvgIpc) is 3.10. The number of aryl methyl sites for hydroxylation is 2. The Hall–Kier alpha value is -2.76. The van der Waals surface area contributed by atoms with Gasteiger partial charge in [0.05, 0.1) is 6.04 Å². The van der Waals surface area contributed by atoms with Crippen molar-refractivity contribution < 1.29 is 4.79 Å². The molecule has 0 saturated carbocycles. The van der Waals surface area contributed by atoms with E-state index in [1.807, 2.05) is 20.8 Å². The van der Waals surface area contributed by atoms with Crippen molar-refractivity contribution >= 4 is 11.7 Å². The fourth-order valence-electron chi connectivity index (χ4n) is 3.57. The van der Waals surface area contributed by atoms with E-state index in [4.69, 9.17) is 0 Å². The number of nitrogens with zero attached hydrogens (tertiary/aromatic N) is 4. The highest BCUT2D eigenvalue weighted by molar-refractivity contribution is 5.76. The van der Waals surface area contributed by atoms with Crippen LogP contribution in [0.4, 0.5) is 0 Å². The summed E-state index contributed by atoms with van der Waals surface area (Å²) in [6, 6.07) is 8.52. The van der Waals surface area contributed by atoms with Crippen LogP contribution >= 0.6 is 0 Å². The molecule has 0 fully saturated rings. The number of carbonyl (C=O) groups is 1. The Balaban J connectivity index is 1.60. The summed E-state index contributed by atoms with van der Waals surface area (Å²) in [5, 5.41) is 7.31. The molecule has 3 rings (SSSR count). The summed E-state index contributed by atoms with van der Waals surface area (Å²) in [4.78, 5) is 21.1. The first kappa shape index (κ1) is 20.0. The number of hydrogen-bond donors (Lipinski definition) is 1. The van der Waals surface area contributed by atoms with Gasteiger partial charge in [0.2, 0.25) is 5.91 Å². The number of carbonyl (C=O) groups excluding carboxylic acids is 1. The van der Waals surface area contributed by atoms with Gasteiger partial charge in [0, 0.05) is 17.8 Å². The summed E-state index contributed by atoms with van der Waals surface area (Å²) < 4.78 is 1.72. The van der Waals surface area contributed by atoms with Gasteiger partial charge in [0.25, 0.3) is 5.78 Å². The van der Waals surface area contributed by atoms with E-state index in [1.54, 1.807) is 4.52 Å². The van der Waals surface area contributed by atoms with E-state index < -0.39 is 0 Å². The molecule has 1 unspecified atom stereocenters. The third-order valence-electron chi connectivity index (χ3n) is 5.09. The second kappa shape index (κ2) is 8.50. The van der Waals surface area contributed by atoms with Gasteiger partial charge < -0.3 is 5.32 Å². The molecule has 6 nitrogen and oxygen atoms in total. The van der Waals surface area contributed by atoms with E-state index in [0.29, 0.717) is 24.5 Å². The van der Waals surface area contributed by atoms with E-state index in [9.17, 15) is 4.79 Å². The van der Waals surface area contributed by atoms with Gasteiger partial charge in [-0.2, -0.15) is 10.1 Å². The summed E-state index contributed by atoms with van der Waals surface area (Å²) in [6.07, 6.45) is 3.62. The highest BCUT2D eigenvalue weighted by atomic mass is 16.1. The van der Waals surface area contributed by atoms with Gasteiger partial charge >= 0.3 is 0 Å². The van der Waals surface area contributed by atoms with E-state index in [2.05, 4.69) is 58.5 Å². The molecule has 0 aliphatic rings. The predicted octanol–water partition coefficient (Wildman–Crippen LogP) is 3.75. The number of benzene rings is 1. The summed E-state index contributed by atoms with van der Waals surface area (Å²) in [5.74, 6) is 1.27. The molecule has 1 amide bonds. The van der Waals surface area contributed by atoms with Crippen molar-refractivity contribution in [2.24, 2.45) is 5.92 Å². The monoisotopic (exact) mass is 379 g/mol. The molecule has 2 aromatic heterocycles. The van der Waals surface area contributed by atoms with Crippen molar-refractivity contribution in [1.82, 2.24) is 24.9 Å². The van der Waals surface area contributed by atoms with Crippen molar-refractivity contribution in [2.45, 2.75) is 59.9 Å². The Kier molecular flexibility index (Phi) is 6.07. The molecule has 148 valence electrons. The van der Waals surface area contributed by atoms with Crippen LogP contribution in [0.15, 0.2) is 30.6 Å². The van der Waals surface area contributed by atoms with Crippen molar-refractivity contribution in [3.05, 3.63) is 58.7 Å². The smallest absolute Gasteiger partial charge is 0.252 e. The average molecular weight is 380 g/mol. The van der Waals surface area contributed by atoms with Crippen LogP contribution in [0.25, 0.3) is 5.78 Å². The fourth-order valence-corrected chi connectivity index (χ4v) is 3.57. The SMILES string of the molecule is Cc1nc2ncnn2c(C)c1CCC(=O)NC(C)c1ccc(CC(C)C)cc1. The molecular weight excluding hydrogens is 350 g/mol. The standard InChI is InChI=1S/C22H29N5O/c1-14(2)12-18-6-8-19(9-7-18)15(3)25-21(28)11-10-20-16(4)26-22-23-13-24-27(22)17(20)5/h6-9,13-15H,10-12H2,1-5H3,(H,25,28). The zero-order chi connectivity index (χ0) is 20.3. The minimum absolute atomic E-state index is 0.0151. The molecule has 0 saturated heterocycles. The molecule has 0 aliphatic carbocycles. The van der Waals surface area contributed by atoms with Crippen molar-refractivity contribution in [3.8, 4) is 0 Å². The number of fused-ring (bicyclic) bond motifs is 1. The van der Waals surface area contributed by atoms with Crippen LogP contribution in [-0.2, 0) is 17.6 Å². The minimum atomic E-state index is -0.0151. The molecule has 3 aromatic rings. The van der Waals surface area contributed by atoms with E-state index >= 15 is 0 Å². The second-order valence-corrected chi connectivity index (χ2v) is 7.86. The maximum Gasteiger partial charge on any atom is 0.252 e. The Labute approximate surface area is 166 Å². The van der Waals surface area contributed by atoms with Crippen molar-refractivity contribution in [3.63, 3.8) is 0 Å². The van der Waals surface area contributed by atoms with Gasteiger partial charge in [-0.3, -0.25) is 4.79 Å². The predicted molar refractivity (Wildman–Crippen MR) is 110 cm³/mol. The van der Waals surface area contributed by atoms with Crippen LogP contribution in [0.3, 0.4) is 0 Å². The lowest BCUT2D eigenvalue weighted by Gasteiger charge is -2.16. The van der Waals surface area contributed by atoms with Gasteiger partial charge in [-0.25, -0.2) is 9.50 Å². The van der Waals surface area contributed by atoms with Crippen molar-refractivity contribution in [2.75, 3.05) is 0 Å². The van der Waals surface area contributed by atoms with Crippen LogP contribution in [-0.4, -0.2) is 25.5 Å². The van der Waals surface area contributed by atoms with E-state index in [1.165, 1.54) is 11.9 Å². The highest BCUT2D eigenvalue weighted by Crippen LogP contribution is 2.17. The highest BCUT2D eigenvalue weighted by Gasteiger charge is 2.14. The molecule has 1 atom stereocenters. The zero-order valence-corrected chi connectivity index (χ0v) is 17.4. The first-order valence-electron chi connectivity index (χ1n) is 9.89. The molecule has 2 heterocycles. The first-order chi connectivity index (χ1) is 13.3. The van der Waals surface area contributed by atoms with Gasteiger partial charge in [0.1, 0.15) is 6.33 Å². The Morgan fingerprint density at radius 2 is 1.86 bits per heavy atom. The lowest BCUT2D eigenvalue weighted by molar-refractivity contribution is -0.121. The Morgan fingerprint density at radius 3 is 2.54 bits per heavy atom. The topological polar surface area (TPSA) is 72.2 Å². The van der Waals surface area contributed by atoms with Crippen LogP contribution in [0.2, 0.25) is 0 Å². The third-order valence-corrected chi connectivity index (χ3v) is 5.09. The molecule has 0 radical (unpaired) electrons. The number of nitrogens with one attached hydrogen (secondary N) is 1. The van der Waals surface area contributed by atoms with Crippen molar-refractivity contribution in [1.29, 1.82) is 0 Å². The first-order valence-corrected chi connectivity index (χ1v) is 9.89. The molecule has 6 heteroatoms. The maximum absolute atomic E-state index is 12.5. The largest absolute Gasteiger partial charge is 0.350 e. The van der Waals surface area contributed by atoms with Gasteiger partial charge in [-0.05, 0) is 56.2 Å². The van der Waals surface area contributed by atoms with Gasteiger partial charge in [-0.15, -0.1) is 0 Å².